The van der Waals surface area contributed by atoms with Crippen molar-refractivity contribution in [1.29, 1.82) is 0 Å². The van der Waals surface area contributed by atoms with Crippen LogP contribution in [0.5, 0.6) is 0 Å². The second-order valence-corrected chi connectivity index (χ2v) is 20.2. The van der Waals surface area contributed by atoms with E-state index in [0.29, 0.717) is 56.6 Å². The fourth-order valence-corrected chi connectivity index (χ4v) is 9.69. The maximum absolute atomic E-state index is 13.6. The predicted octanol–water partition coefficient (Wildman–Crippen LogP) is 6.84. The summed E-state index contributed by atoms with van der Waals surface area (Å²) < 4.78 is 81.3. The van der Waals surface area contributed by atoms with Gasteiger partial charge in [0.05, 0.1) is 71.7 Å². The zero-order chi connectivity index (χ0) is 40.4. The average Bonchev–Trinajstić information content (AvgIpc) is 3.60. The summed E-state index contributed by atoms with van der Waals surface area (Å²) in [7, 11) is -5.92. The molecule has 3 rings (SSSR count). The molecule has 2 saturated heterocycles. The van der Waals surface area contributed by atoms with Crippen LogP contribution in [0.25, 0.3) is 0 Å². The van der Waals surface area contributed by atoms with Crippen molar-refractivity contribution in [2.45, 2.75) is 147 Å². The minimum absolute atomic E-state index is 0.0641. The Morgan fingerprint density at radius 3 is 2.30 bits per heavy atom. The molecule has 2 heterocycles. The summed E-state index contributed by atoms with van der Waals surface area (Å²) in [6.07, 6.45) is 2.43. The Morgan fingerprint density at radius 1 is 1.04 bits per heavy atom. The molecule has 13 heteroatoms. The molecule has 308 valence electrons. The minimum atomic E-state index is -3.80. The molecule has 2 aliphatic rings. The fourth-order valence-electron chi connectivity index (χ4n) is 7.35. The van der Waals surface area contributed by atoms with E-state index in [2.05, 4.69) is 27.0 Å². The van der Waals surface area contributed by atoms with Gasteiger partial charge in [-0.3, -0.25) is 8.98 Å². The zero-order valence-corrected chi connectivity index (χ0v) is 35.3. The third-order valence-corrected chi connectivity index (χ3v) is 13.2. The van der Waals surface area contributed by atoms with Gasteiger partial charge in [-0.2, -0.15) is 8.42 Å². The zero-order valence-electron chi connectivity index (χ0n) is 33.7. The number of esters is 1. The fraction of sp³-hybridized carbons (Fsp3) is 0.732. The molecule has 0 saturated carbocycles. The van der Waals surface area contributed by atoms with Gasteiger partial charge in [-0.25, -0.2) is 8.42 Å². The van der Waals surface area contributed by atoms with E-state index in [9.17, 15) is 26.7 Å². The van der Waals surface area contributed by atoms with Crippen LogP contribution in [0.15, 0.2) is 59.5 Å². The number of aliphatic hydroxyl groups excluding tert-OH is 1. The first-order valence-electron chi connectivity index (χ1n) is 19.4. The van der Waals surface area contributed by atoms with Crippen molar-refractivity contribution in [2.24, 2.45) is 23.2 Å². The van der Waals surface area contributed by atoms with Crippen LogP contribution in [0, 0.1) is 23.2 Å². The Labute approximate surface area is 325 Å². The van der Waals surface area contributed by atoms with E-state index < -0.39 is 55.7 Å². The van der Waals surface area contributed by atoms with Gasteiger partial charge < -0.3 is 24.1 Å². The first kappa shape index (κ1) is 46.3. The molecule has 1 aromatic carbocycles. The molecule has 11 nitrogen and oxygen atoms in total. The van der Waals surface area contributed by atoms with Crippen LogP contribution in [-0.4, -0.2) is 96.4 Å². The quantitative estimate of drug-likeness (QED) is 0.0569. The van der Waals surface area contributed by atoms with Crippen molar-refractivity contribution in [1.82, 2.24) is 0 Å². The lowest BCUT2D eigenvalue weighted by Crippen LogP contribution is -2.36. The van der Waals surface area contributed by atoms with Gasteiger partial charge in [-0.15, -0.1) is 0 Å². The lowest BCUT2D eigenvalue weighted by molar-refractivity contribution is -0.153. The van der Waals surface area contributed by atoms with E-state index in [4.69, 9.17) is 23.1 Å². The standard InChI is InChI=1S/C41H66O11S2/c1-11-27(2)22-38-39(48-9)34(26-54(46,47)33-17-13-12-14-18-33)37(51-38)25-35(42)30(5)28(3)23-32(52-53(10,44)45)19-20-36-29(4)24-31(50-36)16-15-21-49-40(43)41(6,7)8/h12-14,17-18,27-28,31-32,34-39,42H,4-5,11,15-16,19-26H2,1-3,6-10H3/t27-,28-,31+,32-,34+,35?,36?,37+,38?,39?/m1/s1. The Hall–Kier alpha value is -2.13. The summed E-state index contributed by atoms with van der Waals surface area (Å²) in [5.74, 6) is -0.988. The lowest BCUT2D eigenvalue weighted by Gasteiger charge is -2.28. The van der Waals surface area contributed by atoms with Crippen LogP contribution in [0.4, 0.5) is 0 Å². The molecule has 0 aliphatic carbocycles. The monoisotopic (exact) mass is 798 g/mol. The summed E-state index contributed by atoms with van der Waals surface area (Å²) in [6, 6.07) is 8.30. The molecule has 4 unspecified atom stereocenters. The molecule has 0 aromatic heterocycles. The van der Waals surface area contributed by atoms with Gasteiger partial charge in [0, 0.05) is 19.4 Å². The Bertz CT molecular complexity index is 1590. The molecular weight excluding hydrogens is 733 g/mol. The second-order valence-electron chi connectivity index (χ2n) is 16.5. The third kappa shape index (κ3) is 14.1. The van der Waals surface area contributed by atoms with Crippen LogP contribution in [0.2, 0.25) is 0 Å². The summed E-state index contributed by atoms with van der Waals surface area (Å²) in [4.78, 5) is 12.3. The molecule has 10 atom stereocenters. The Balaban J connectivity index is 1.64. The van der Waals surface area contributed by atoms with Crippen molar-refractivity contribution in [3.63, 3.8) is 0 Å². The highest BCUT2D eigenvalue weighted by Crippen LogP contribution is 2.39. The number of ether oxygens (including phenoxy) is 4. The molecule has 2 fully saturated rings. The SMILES string of the molecule is C=C1C[C@H](CCCOC(=O)C(C)(C)C)OC1CC[C@H](C[C@@H](C)C(=C)C(O)C[C@@H]1OC(C[C@H](C)CC)C(OC)[C@H]1CS(=O)(=O)c1ccccc1)OS(C)(=O)=O. The van der Waals surface area contributed by atoms with Crippen molar-refractivity contribution >= 4 is 25.9 Å². The number of hydrogen-bond acceptors (Lipinski definition) is 11. The van der Waals surface area contributed by atoms with Crippen LogP contribution in [-0.2, 0) is 47.9 Å². The first-order chi connectivity index (χ1) is 25.1. The summed E-state index contributed by atoms with van der Waals surface area (Å²) >= 11 is 0. The van der Waals surface area contributed by atoms with Gasteiger partial charge in [-0.1, -0.05) is 58.5 Å². The van der Waals surface area contributed by atoms with Gasteiger partial charge in [0.25, 0.3) is 10.1 Å². The maximum atomic E-state index is 13.6. The molecule has 2 aliphatic heterocycles. The number of carbonyl (C=O) groups is 1. The Kier molecular flexibility index (Phi) is 17.4. The smallest absolute Gasteiger partial charge is 0.311 e. The predicted molar refractivity (Wildman–Crippen MR) is 210 cm³/mol. The van der Waals surface area contributed by atoms with Crippen LogP contribution < -0.4 is 0 Å². The number of carbonyl (C=O) groups excluding carboxylic acids is 1. The highest BCUT2D eigenvalue weighted by Gasteiger charge is 2.47. The minimum Gasteiger partial charge on any atom is -0.465 e. The first-order valence-corrected chi connectivity index (χ1v) is 22.8. The summed E-state index contributed by atoms with van der Waals surface area (Å²) in [5, 5.41) is 11.5. The average molecular weight is 799 g/mol. The van der Waals surface area contributed by atoms with Crippen molar-refractivity contribution < 1.29 is 49.9 Å². The normalized spacial score (nSPS) is 26.0. The molecule has 0 radical (unpaired) electrons. The second kappa shape index (κ2) is 20.3. The molecule has 1 N–H and O–H groups in total. The van der Waals surface area contributed by atoms with Crippen molar-refractivity contribution in [3.05, 3.63) is 54.6 Å². The lowest BCUT2D eigenvalue weighted by atomic mass is 9.86. The number of benzene rings is 1. The molecule has 0 spiro atoms. The van der Waals surface area contributed by atoms with E-state index in [1.54, 1.807) is 37.4 Å². The van der Waals surface area contributed by atoms with Crippen LogP contribution in [0.3, 0.4) is 0 Å². The van der Waals surface area contributed by atoms with Crippen LogP contribution in [0.1, 0.15) is 99.3 Å². The van der Waals surface area contributed by atoms with Gasteiger partial charge in [-0.05, 0) is 101 Å². The topological polar surface area (TPSA) is 152 Å². The number of sulfone groups is 1. The highest BCUT2D eigenvalue weighted by molar-refractivity contribution is 7.91. The molecule has 54 heavy (non-hydrogen) atoms. The number of aliphatic hydroxyl groups is 1. The van der Waals surface area contributed by atoms with Crippen molar-refractivity contribution in [2.75, 3.05) is 25.7 Å². The summed E-state index contributed by atoms with van der Waals surface area (Å²) in [6.45, 7) is 20.2. The molecular formula is C41H66O11S2. The number of methoxy groups -OCH3 is 1. The number of hydrogen-bond donors (Lipinski definition) is 1. The van der Waals surface area contributed by atoms with E-state index in [1.807, 2.05) is 27.7 Å². The third-order valence-electron chi connectivity index (χ3n) is 10.7. The van der Waals surface area contributed by atoms with E-state index in [-0.39, 0.29) is 53.7 Å². The van der Waals surface area contributed by atoms with E-state index in [0.717, 1.165) is 18.2 Å². The van der Waals surface area contributed by atoms with Gasteiger partial charge in [0.1, 0.15) is 0 Å². The summed E-state index contributed by atoms with van der Waals surface area (Å²) in [5.41, 5.74) is 0.860. The molecule has 0 bridgehead atoms. The van der Waals surface area contributed by atoms with Crippen LogP contribution >= 0.6 is 0 Å². The largest absolute Gasteiger partial charge is 0.465 e. The van der Waals surface area contributed by atoms with Gasteiger partial charge in [0.2, 0.25) is 0 Å². The number of rotatable bonds is 22. The Morgan fingerprint density at radius 2 is 1.70 bits per heavy atom. The van der Waals surface area contributed by atoms with Gasteiger partial charge >= 0.3 is 5.97 Å². The van der Waals surface area contributed by atoms with Crippen molar-refractivity contribution in [3.8, 4) is 0 Å². The maximum Gasteiger partial charge on any atom is 0.311 e. The van der Waals surface area contributed by atoms with Gasteiger partial charge in [0.15, 0.2) is 9.84 Å². The molecule has 0 amide bonds. The van der Waals surface area contributed by atoms with E-state index in [1.165, 1.54) is 0 Å². The highest BCUT2D eigenvalue weighted by atomic mass is 32.2. The van der Waals surface area contributed by atoms with E-state index >= 15 is 0 Å². The molecule has 1 aromatic rings.